The van der Waals surface area contributed by atoms with Crippen LogP contribution in [0.15, 0.2) is 0 Å². The summed E-state index contributed by atoms with van der Waals surface area (Å²) >= 11 is 0. The molecular formula is C4H8NaO3. The molecule has 0 aromatic rings. The molecule has 0 saturated heterocycles. The average Bonchev–Trinajstić information content (AvgIpc) is 1.61. The second kappa shape index (κ2) is 7.43. The first-order valence-corrected chi connectivity index (χ1v) is 2.07. The Labute approximate surface area is 70.3 Å². The van der Waals surface area contributed by atoms with Gasteiger partial charge in [0.05, 0.1) is 0 Å². The van der Waals surface area contributed by atoms with Crippen molar-refractivity contribution in [2.24, 2.45) is 0 Å². The maximum absolute atomic E-state index is 9.63. The van der Waals surface area contributed by atoms with E-state index in [4.69, 9.17) is 5.11 Å². The smallest absolute Gasteiger partial charge is 0.329 e. The number of ether oxygens (including phenoxy) is 1. The number of rotatable bonds is 3. The second-order valence-corrected chi connectivity index (χ2v) is 1.03. The summed E-state index contributed by atoms with van der Waals surface area (Å²) in [6, 6.07) is 0. The van der Waals surface area contributed by atoms with Crippen LogP contribution in [0.2, 0.25) is 0 Å². The van der Waals surface area contributed by atoms with Crippen LogP contribution >= 0.6 is 0 Å². The molecule has 0 aliphatic rings. The van der Waals surface area contributed by atoms with Crippen molar-refractivity contribution in [3.8, 4) is 0 Å². The van der Waals surface area contributed by atoms with Gasteiger partial charge in [-0.25, -0.2) is 4.79 Å². The zero-order valence-electron chi connectivity index (χ0n) is 5.18. The molecule has 1 N–H and O–H groups in total. The van der Waals surface area contributed by atoms with Crippen LogP contribution in [-0.4, -0.2) is 53.8 Å². The molecule has 0 spiro atoms. The molecule has 0 aliphatic heterocycles. The third-order valence-electron chi connectivity index (χ3n) is 0.430. The predicted molar refractivity (Wildman–Crippen MR) is 29.9 cm³/mol. The largest absolute Gasteiger partial charge is 0.480 e. The van der Waals surface area contributed by atoms with Gasteiger partial charge in [0, 0.05) is 36.2 Å². The Morgan fingerprint density at radius 1 is 1.75 bits per heavy atom. The third-order valence-corrected chi connectivity index (χ3v) is 0.430. The van der Waals surface area contributed by atoms with Crippen molar-refractivity contribution < 1.29 is 14.6 Å². The standard InChI is InChI=1S/C4H8O3.Na/c1-2-7-3-4(5)6;/h2-3H2,1H3,(H,5,6);. The van der Waals surface area contributed by atoms with Gasteiger partial charge in [0.15, 0.2) is 0 Å². The average molecular weight is 127 g/mol. The molecular weight excluding hydrogens is 119 g/mol. The quantitative estimate of drug-likeness (QED) is 0.530. The van der Waals surface area contributed by atoms with Crippen molar-refractivity contribution in [2.45, 2.75) is 6.92 Å². The summed E-state index contributed by atoms with van der Waals surface area (Å²) < 4.78 is 4.50. The Morgan fingerprint density at radius 3 is 2.38 bits per heavy atom. The molecule has 0 heterocycles. The van der Waals surface area contributed by atoms with Crippen LogP contribution in [0.5, 0.6) is 0 Å². The van der Waals surface area contributed by atoms with E-state index >= 15 is 0 Å². The Kier molecular flexibility index (Phi) is 10.5. The Morgan fingerprint density at radius 2 is 2.25 bits per heavy atom. The van der Waals surface area contributed by atoms with Gasteiger partial charge in [-0.05, 0) is 6.92 Å². The van der Waals surface area contributed by atoms with E-state index in [-0.39, 0.29) is 36.2 Å². The van der Waals surface area contributed by atoms with Crippen molar-refractivity contribution in [1.82, 2.24) is 0 Å². The van der Waals surface area contributed by atoms with Gasteiger partial charge in [-0.2, -0.15) is 0 Å². The molecule has 0 atom stereocenters. The number of carbonyl (C=O) groups is 1. The van der Waals surface area contributed by atoms with Crippen molar-refractivity contribution in [2.75, 3.05) is 13.2 Å². The number of aliphatic carboxylic acids is 1. The second-order valence-electron chi connectivity index (χ2n) is 1.03. The van der Waals surface area contributed by atoms with Crippen molar-refractivity contribution >= 4 is 35.5 Å². The minimum Gasteiger partial charge on any atom is -0.480 e. The predicted octanol–water partition coefficient (Wildman–Crippen LogP) is -0.273. The minimum absolute atomic E-state index is 0. The first kappa shape index (κ1) is 11.3. The zero-order chi connectivity index (χ0) is 5.70. The van der Waals surface area contributed by atoms with Gasteiger partial charge in [-0.3, -0.25) is 0 Å². The Bertz CT molecular complexity index is 64.3. The van der Waals surface area contributed by atoms with Crippen molar-refractivity contribution in [3.63, 3.8) is 0 Å². The normalized spacial score (nSPS) is 7.62. The Hall–Kier alpha value is 0.430. The molecule has 0 aliphatic carbocycles. The third kappa shape index (κ3) is 9.66. The summed E-state index contributed by atoms with van der Waals surface area (Å²) in [6.45, 7) is 2.03. The summed E-state index contributed by atoms with van der Waals surface area (Å²) in [7, 11) is 0. The number of carboxylic acid groups (broad SMARTS) is 1. The molecule has 0 unspecified atom stereocenters. The first-order valence-electron chi connectivity index (χ1n) is 2.07. The molecule has 1 radical (unpaired) electrons. The summed E-state index contributed by atoms with van der Waals surface area (Å²) in [5.74, 6) is -0.915. The van der Waals surface area contributed by atoms with Gasteiger partial charge < -0.3 is 9.84 Å². The van der Waals surface area contributed by atoms with Crippen LogP contribution < -0.4 is 0 Å². The maximum atomic E-state index is 9.63. The molecule has 0 amide bonds. The van der Waals surface area contributed by atoms with Crippen LogP contribution in [0.4, 0.5) is 0 Å². The SMILES string of the molecule is CCOCC(=O)O.[Na]. The zero-order valence-corrected chi connectivity index (χ0v) is 7.18. The van der Waals surface area contributed by atoms with Crippen molar-refractivity contribution in [3.05, 3.63) is 0 Å². The molecule has 4 heteroatoms. The molecule has 43 valence electrons. The van der Waals surface area contributed by atoms with E-state index in [1.165, 1.54) is 0 Å². The van der Waals surface area contributed by atoms with Gasteiger partial charge in [0.2, 0.25) is 0 Å². The van der Waals surface area contributed by atoms with Gasteiger partial charge >= 0.3 is 5.97 Å². The fourth-order valence-electron chi connectivity index (χ4n) is 0.189. The van der Waals surface area contributed by atoms with Gasteiger partial charge in [-0.15, -0.1) is 0 Å². The van der Waals surface area contributed by atoms with Crippen LogP contribution in [0.3, 0.4) is 0 Å². The van der Waals surface area contributed by atoms with E-state index < -0.39 is 5.97 Å². The van der Waals surface area contributed by atoms with E-state index in [1.54, 1.807) is 6.92 Å². The van der Waals surface area contributed by atoms with Crippen molar-refractivity contribution in [1.29, 1.82) is 0 Å². The minimum atomic E-state index is -0.915. The van der Waals surface area contributed by atoms with Crippen LogP contribution in [0.1, 0.15) is 6.92 Å². The molecule has 3 nitrogen and oxygen atoms in total. The Balaban J connectivity index is 0. The molecule has 0 aromatic carbocycles. The molecule has 0 saturated carbocycles. The van der Waals surface area contributed by atoms with E-state index in [2.05, 4.69) is 4.74 Å². The van der Waals surface area contributed by atoms with Gasteiger partial charge in [0.25, 0.3) is 0 Å². The fourth-order valence-corrected chi connectivity index (χ4v) is 0.189. The molecule has 0 rings (SSSR count). The first-order chi connectivity index (χ1) is 3.27. The van der Waals surface area contributed by atoms with E-state index in [0.717, 1.165) is 0 Å². The fraction of sp³-hybridized carbons (Fsp3) is 0.750. The van der Waals surface area contributed by atoms with Crippen LogP contribution in [0.25, 0.3) is 0 Å². The van der Waals surface area contributed by atoms with E-state index in [9.17, 15) is 4.79 Å². The summed E-state index contributed by atoms with van der Waals surface area (Å²) in [4.78, 5) is 9.63. The monoisotopic (exact) mass is 127 g/mol. The molecule has 8 heavy (non-hydrogen) atoms. The van der Waals surface area contributed by atoms with E-state index in [1.807, 2.05) is 0 Å². The van der Waals surface area contributed by atoms with Crippen LogP contribution in [0, 0.1) is 0 Å². The number of hydrogen-bond donors (Lipinski definition) is 1. The van der Waals surface area contributed by atoms with Crippen LogP contribution in [-0.2, 0) is 9.53 Å². The van der Waals surface area contributed by atoms with Gasteiger partial charge in [-0.1, -0.05) is 0 Å². The number of hydrogen-bond acceptors (Lipinski definition) is 2. The maximum Gasteiger partial charge on any atom is 0.329 e. The van der Waals surface area contributed by atoms with Gasteiger partial charge in [0.1, 0.15) is 6.61 Å². The summed E-state index contributed by atoms with van der Waals surface area (Å²) in [5, 5.41) is 7.92. The topological polar surface area (TPSA) is 46.5 Å². The molecule has 0 fully saturated rings. The molecule has 0 bridgehead atoms. The number of carboxylic acids is 1. The molecule has 0 aromatic heterocycles. The summed E-state index contributed by atoms with van der Waals surface area (Å²) in [6.07, 6.45) is 0. The summed E-state index contributed by atoms with van der Waals surface area (Å²) in [5.41, 5.74) is 0. The van der Waals surface area contributed by atoms with E-state index in [0.29, 0.717) is 6.61 Å².